The molecule has 0 radical (unpaired) electrons. The number of alkyl halides is 3. The number of likely N-dealkylation sites (tertiary alicyclic amines) is 1. The number of hydrogen-bond donors (Lipinski definition) is 3. The van der Waals surface area contributed by atoms with Crippen LogP contribution in [0.1, 0.15) is 34.3 Å². The molecule has 3 rings (SSSR count). The number of nitrogens with one attached hydrogen (secondary N) is 1. The molecule has 0 aliphatic carbocycles. The Kier molecular flexibility index (Phi) is 10.4. The molecule has 0 spiro atoms. The standard InChI is InChI=1S/C24H26N2O3.C2HF3O2/c1-26-16-14-22(15-17-26)25-21-10-8-20(9-11-21)23(27)12-6-18-2-4-19(5-3-18)7-13-24(28)29;3-2(4,5)1(6)7/h2-13,22,25H,14-17H2,1H3,(H,28,29);(H,6,7). The van der Waals surface area contributed by atoms with E-state index in [0.717, 1.165) is 48.8 Å². The van der Waals surface area contributed by atoms with Crippen LogP contribution in [-0.4, -0.2) is 65.2 Å². The highest BCUT2D eigenvalue weighted by atomic mass is 19.4. The van der Waals surface area contributed by atoms with Gasteiger partial charge in [-0.25, -0.2) is 9.59 Å². The average Bonchev–Trinajstić information content (AvgIpc) is 2.83. The van der Waals surface area contributed by atoms with Gasteiger partial charge in [0.15, 0.2) is 5.78 Å². The summed E-state index contributed by atoms with van der Waals surface area (Å²) in [5.41, 5.74) is 3.37. The Morgan fingerprint density at radius 2 is 1.36 bits per heavy atom. The van der Waals surface area contributed by atoms with Crippen LogP contribution in [0.5, 0.6) is 0 Å². The first kappa shape index (κ1) is 28.3. The second-order valence-electron chi connectivity index (χ2n) is 8.14. The van der Waals surface area contributed by atoms with E-state index >= 15 is 0 Å². The van der Waals surface area contributed by atoms with E-state index in [-0.39, 0.29) is 5.78 Å². The predicted molar refractivity (Wildman–Crippen MR) is 131 cm³/mol. The fourth-order valence-electron chi connectivity index (χ4n) is 3.27. The zero-order valence-corrected chi connectivity index (χ0v) is 19.5. The number of nitrogens with zero attached hydrogens (tertiary/aromatic N) is 1. The Morgan fingerprint density at radius 1 is 0.889 bits per heavy atom. The fourth-order valence-corrected chi connectivity index (χ4v) is 3.27. The third kappa shape index (κ3) is 10.1. The van der Waals surface area contributed by atoms with E-state index < -0.39 is 18.1 Å². The van der Waals surface area contributed by atoms with Crippen LogP contribution in [0.3, 0.4) is 0 Å². The van der Waals surface area contributed by atoms with Crippen molar-refractivity contribution in [2.24, 2.45) is 0 Å². The largest absolute Gasteiger partial charge is 0.490 e. The number of halogens is 3. The minimum absolute atomic E-state index is 0.0503. The van der Waals surface area contributed by atoms with Crippen LogP contribution in [-0.2, 0) is 9.59 Å². The van der Waals surface area contributed by atoms with E-state index in [2.05, 4.69) is 17.3 Å². The van der Waals surface area contributed by atoms with Crippen molar-refractivity contribution < 1.29 is 37.8 Å². The van der Waals surface area contributed by atoms with Crippen LogP contribution in [0.2, 0.25) is 0 Å². The molecule has 0 saturated carbocycles. The Balaban J connectivity index is 0.000000572. The van der Waals surface area contributed by atoms with Crippen molar-refractivity contribution in [3.05, 3.63) is 77.4 Å². The van der Waals surface area contributed by atoms with Gasteiger partial charge in [-0.1, -0.05) is 30.3 Å². The van der Waals surface area contributed by atoms with Gasteiger partial charge in [0.05, 0.1) is 0 Å². The number of aliphatic carboxylic acids is 2. The molecule has 1 aliphatic rings. The summed E-state index contributed by atoms with van der Waals surface area (Å²) in [5.74, 6) is -3.79. The first-order valence-corrected chi connectivity index (χ1v) is 11.0. The summed E-state index contributed by atoms with van der Waals surface area (Å²) in [6.45, 7) is 2.21. The van der Waals surface area contributed by atoms with E-state index in [1.807, 2.05) is 48.5 Å². The lowest BCUT2D eigenvalue weighted by atomic mass is 10.0. The van der Waals surface area contributed by atoms with Crippen molar-refractivity contribution in [1.82, 2.24) is 4.90 Å². The molecule has 0 aromatic heterocycles. The predicted octanol–water partition coefficient (Wildman–Crippen LogP) is 4.82. The summed E-state index contributed by atoms with van der Waals surface area (Å²) in [4.78, 5) is 34.2. The van der Waals surface area contributed by atoms with Gasteiger partial charge in [-0.3, -0.25) is 4.79 Å². The molecule has 0 amide bonds. The van der Waals surface area contributed by atoms with Crippen LogP contribution in [0, 0.1) is 0 Å². The zero-order chi connectivity index (χ0) is 26.7. The van der Waals surface area contributed by atoms with Crippen LogP contribution >= 0.6 is 0 Å². The summed E-state index contributed by atoms with van der Waals surface area (Å²) in [7, 11) is 2.15. The van der Waals surface area contributed by atoms with Gasteiger partial charge in [-0.2, -0.15) is 13.2 Å². The van der Waals surface area contributed by atoms with Crippen molar-refractivity contribution in [3.63, 3.8) is 0 Å². The summed E-state index contributed by atoms with van der Waals surface area (Å²) < 4.78 is 31.7. The number of carboxylic acids is 2. The lowest BCUT2D eigenvalue weighted by molar-refractivity contribution is -0.192. The zero-order valence-electron chi connectivity index (χ0n) is 19.5. The van der Waals surface area contributed by atoms with Crippen molar-refractivity contribution >= 4 is 35.6 Å². The highest BCUT2D eigenvalue weighted by Gasteiger charge is 2.38. The number of benzene rings is 2. The van der Waals surface area contributed by atoms with Gasteiger partial charge in [0.1, 0.15) is 0 Å². The molecule has 1 aliphatic heterocycles. The number of ketones is 1. The molecule has 7 nitrogen and oxygen atoms in total. The van der Waals surface area contributed by atoms with Gasteiger partial charge in [-0.05, 0) is 80.5 Å². The quantitative estimate of drug-likeness (QED) is 0.367. The minimum Gasteiger partial charge on any atom is -0.478 e. The SMILES string of the molecule is CN1CCC(Nc2ccc(C(=O)C=Cc3ccc(C=CC(=O)O)cc3)cc2)CC1.O=C(O)C(F)(F)F. The molecule has 1 heterocycles. The van der Waals surface area contributed by atoms with Crippen LogP contribution in [0.15, 0.2) is 60.7 Å². The summed E-state index contributed by atoms with van der Waals surface area (Å²) in [6.07, 6.45) is 3.12. The molecule has 2 aromatic carbocycles. The molecule has 36 heavy (non-hydrogen) atoms. The fraction of sp³-hybridized carbons (Fsp3) is 0.269. The third-order valence-electron chi connectivity index (χ3n) is 5.28. The lowest BCUT2D eigenvalue weighted by Gasteiger charge is -2.30. The number of allylic oxidation sites excluding steroid dienone is 1. The van der Waals surface area contributed by atoms with Gasteiger partial charge in [0, 0.05) is 23.4 Å². The third-order valence-corrected chi connectivity index (χ3v) is 5.28. The molecule has 1 fully saturated rings. The minimum atomic E-state index is -5.08. The number of carboxylic acid groups (broad SMARTS) is 2. The molecule has 10 heteroatoms. The molecule has 192 valence electrons. The van der Waals surface area contributed by atoms with Crippen LogP contribution < -0.4 is 5.32 Å². The second kappa shape index (κ2) is 13.2. The van der Waals surface area contributed by atoms with Crippen LogP contribution in [0.25, 0.3) is 12.2 Å². The maximum absolute atomic E-state index is 12.4. The molecule has 2 aromatic rings. The number of rotatable bonds is 7. The smallest absolute Gasteiger partial charge is 0.478 e. The van der Waals surface area contributed by atoms with Crippen molar-refractivity contribution in [2.75, 3.05) is 25.5 Å². The van der Waals surface area contributed by atoms with E-state index in [1.54, 1.807) is 12.2 Å². The van der Waals surface area contributed by atoms with E-state index in [9.17, 15) is 22.8 Å². The average molecular weight is 505 g/mol. The first-order chi connectivity index (χ1) is 16.9. The molecule has 3 N–H and O–H groups in total. The number of carbonyl (C=O) groups excluding carboxylic acids is 1. The van der Waals surface area contributed by atoms with Gasteiger partial charge in [0.2, 0.25) is 0 Å². The maximum Gasteiger partial charge on any atom is 0.490 e. The maximum atomic E-state index is 12.4. The van der Waals surface area contributed by atoms with E-state index in [1.165, 1.54) is 6.08 Å². The molecule has 0 unspecified atom stereocenters. The number of carbonyl (C=O) groups is 3. The lowest BCUT2D eigenvalue weighted by Crippen LogP contribution is -2.36. The first-order valence-electron chi connectivity index (χ1n) is 11.0. The van der Waals surface area contributed by atoms with Gasteiger partial charge >= 0.3 is 18.1 Å². The molecule has 0 atom stereocenters. The summed E-state index contributed by atoms with van der Waals surface area (Å²) >= 11 is 0. The summed E-state index contributed by atoms with van der Waals surface area (Å²) in [5, 5.41) is 19.3. The van der Waals surface area contributed by atoms with Gasteiger partial charge < -0.3 is 20.4 Å². The Hall–Kier alpha value is -3.92. The van der Waals surface area contributed by atoms with Crippen molar-refractivity contribution in [3.8, 4) is 0 Å². The Labute approximate surface area is 206 Å². The topological polar surface area (TPSA) is 107 Å². The molecular formula is C26H27F3N2O5. The van der Waals surface area contributed by atoms with Gasteiger partial charge in [0.25, 0.3) is 0 Å². The molecule has 1 saturated heterocycles. The Bertz CT molecular complexity index is 1090. The van der Waals surface area contributed by atoms with Gasteiger partial charge in [-0.15, -0.1) is 0 Å². The highest BCUT2D eigenvalue weighted by molar-refractivity contribution is 6.07. The van der Waals surface area contributed by atoms with E-state index in [4.69, 9.17) is 15.0 Å². The monoisotopic (exact) mass is 504 g/mol. The van der Waals surface area contributed by atoms with Crippen molar-refractivity contribution in [1.29, 1.82) is 0 Å². The van der Waals surface area contributed by atoms with Crippen LogP contribution in [0.4, 0.5) is 18.9 Å². The van der Waals surface area contributed by atoms with Crippen molar-refractivity contribution in [2.45, 2.75) is 25.1 Å². The molecular weight excluding hydrogens is 477 g/mol. The normalized spacial score (nSPS) is 14.9. The highest BCUT2D eigenvalue weighted by Crippen LogP contribution is 2.17. The number of anilines is 1. The second-order valence-corrected chi connectivity index (χ2v) is 8.14. The number of hydrogen-bond acceptors (Lipinski definition) is 5. The number of piperidine rings is 1. The van der Waals surface area contributed by atoms with E-state index in [0.29, 0.717) is 11.6 Å². The summed E-state index contributed by atoms with van der Waals surface area (Å²) in [6, 6.07) is 15.4. The molecule has 0 bridgehead atoms. The Morgan fingerprint density at radius 3 is 1.81 bits per heavy atom.